The van der Waals surface area contributed by atoms with E-state index in [-0.39, 0.29) is 0 Å². The van der Waals surface area contributed by atoms with Crippen molar-refractivity contribution in [2.24, 2.45) is 0 Å². The van der Waals surface area contributed by atoms with Gasteiger partial charge in [-0.3, -0.25) is 0 Å². The number of hydrogen-bond donors (Lipinski definition) is 1. The first-order valence-corrected chi connectivity index (χ1v) is 6.13. The number of morpholine rings is 1. The maximum atomic E-state index is 5.35. The number of nitrogens with one attached hydrogen (secondary N) is 1. The molecule has 0 unspecified atom stereocenters. The predicted molar refractivity (Wildman–Crippen MR) is 71.4 cm³/mol. The Morgan fingerprint density at radius 3 is 2.59 bits per heavy atom. The van der Waals surface area contributed by atoms with Gasteiger partial charge in [-0.15, -0.1) is 6.58 Å². The van der Waals surface area contributed by atoms with E-state index in [4.69, 9.17) is 4.74 Å². The van der Waals surface area contributed by atoms with E-state index in [1.165, 1.54) is 11.3 Å². The van der Waals surface area contributed by atoms with Crippen molar-refractivity contribution in [2.75, 3.05) is 37.7 Å². The van der Waals surface area contributed by atoms with Gasteiger partial charge in [0.05, 0.1) is 13.2 Å². The van der Waals surface area contributed by atoms with Gasteiger partial charge in [0.15, 0.2) is 0 Å². The van der Waals surface area contributed by atoms with Crippen molar-refractivity contribution >= 4 is 5.69 Å². The lowest BCUT2D eigenvalue weighted by Crippen LogP contribution is -2.36. The molecule has 0 spiro atoms. The van der Waals surface area contributed by atoms with E-state index in [1.807, 2.05) is 6.08 Å². The molecule has 0 saturated carbocycles. The molecule has 0 radical (unpaired) electrons. The number of anilines is 1. The number of nitrogens with zero attached hydrogens (tertiary/aromatic N) is 1. The van der Waals surface area contributed by atoms with Gasteiger partial charge >= 0.3 is 0 Å². The average Bonchev–Trinajstić information content (AvgIpc) is 2.41. The van der Waals surface area contributed by atoms with Crippen LogP contribution in [0.3, 0.4) is 0 Å². The number of benzene rings is 1. The van der Waals surface area contributed by atoms with Crippen molar-refractivity contribution in [3.05, 3.63) is 42.5 Å². The molecule has 1 aliphatic rings. The number of hydrogen-bond acceptors (Lipinski definition) is 3. The summed E-state index contributed by atoms with van der Waals surface area (Å²) in [5, 5.41) is 3.30. The third-order valence-electron chi connectivity index (χ3n) is 2.93. The van der Waals surface area contributed by atoms with Crippen LogP contribution in [0.5, 0.6) is 0 Å². The largest absolute Gasteiger partial charge is 0.378 e. The zero-order chi connectivity index (χ0) is 11.9. The van der Waals surface area contributed by atoms with E-state index in [0.717, 1.165) is 39.4 Å². The van der Waals surface area contributed by atoms with Gasteiger partial charge in [-0.2, -0.15) is 0 Å². The fourth-order valence-electron chi connectivity index (χ4n) is 1.96. The lowest BCUT2D eigenvalue weighted by atomic mass is 10.2. The third-order valence-corrected chi connectivity index (χ3v) is 2.93. The highest BCUT2D eigenvalue weighted by atomic mass is 16.5. The van der Waals surface area contributed by atoms with Crippen LogP contribution < -0.4 is 10.2 Å². The molecule has 92 valence electrons. The van der Waals surface area contributed by atoms with Crippen LogP contribution in [-0.4, -0.2) is 32.8 Å². The standard InChI is InChI=1S/C14H20N2O/c1-2-7-15-12-13-3-5-14(6-4-13)16-8-10-17-11-9-16/h2-6,15H,1,7-12H2. The van der Waals surface area contributed by atoms with Crippen LogP contribution in [-0.2, 0) is 11.3 Å². The van der Waals surface area contributed by atoms with Crippen LogP contribution in [0, 0.1) is 0 Å². The van der Waals surface area contributed by atoms with Gasteiger partial charge in [0.2, 0.25) is 0 Å². The summed E-state index contributed by atoms with van der Waals surface area (Å²) in [5.41, 5.74) is 2.60. The van der Waals surface area contributed by atoms with Gasteiger partial charge in [0.25, 0.3) is 0 Å². The first-order chi connectivity index (χ1) is 8.40. The normalized spacial score (nSPS) is 15.9. The van der Waals surface area contributed by atoms with Crippen molar-refractivity contribution < 1.29 is 4.74 Å². The maximum absolute atomic E-state index is 5.35. The van der Waals surface area contributed by atoms with Gasteiger partial charge in [0, 0.05) is 31.9 Å². The molecule has 1 aromatic carbocycles. The summed E-state index contributed by atoms with van der Waals surface area (Å²) >= 11 is 0. The molecule has 0 atom stereocenters. The highest BCUT2D eigenvalue weighted by Gasteiger charge is 2.10. The second-order valence-corrected chi connectivity index (χ2v) is 4.19. The summed E-state index contributed by atoms with van der Waals surface area (Å²) in [7, 11) is 0. The van der Waals surface area contributed by atoms with Crippen molar-refractivity contribution in [1.82, 2.24) is 5.32 Å². The molecule has 1 aromatic rings. The van der Waals surface area contributed by atoms with Crippen molar-refractivity contribution in [3.8, 4) is 0 Å². The molecule has 0 bridgehead atoms. The summed E-state index contributed by atoms with van der Waals surface area (Å²) in [6, 6.07) is 8.74. The minimum Gasteiger partial charge on any atom is -0.378 e. The molecule has 3 nitrogen and oxygen atoms in total. The fourth-order valence-corrected chi connectivity index (χ4v) is 1.96. The minimum absolute atomic E-state index is 0.836. The van der Waals surface area contributed by atoms with Crippen LogP contribution >= 0.6 is 0 Å². The third kappa shape index (κ3) is 3.58. The number of ether oxygens (including phenoxy) is 1. The Labute approximate surface area is 103 Å². The lowest BCUT2D eigenvalue weighted by molar-refractivity contribution is 0.122. The summed E-state index contributed by atoms with van der Waals surface area (Å²) in [6.45, 7) is 9.10. The number of rotatable bonds is 5. The molecule has 2 rings (SSSR count). The maximum Gasteiger partial charge on any atom is 0.0642 e. The smallest absolute Gasteiger partial charge is 0.0642 e. The predicted octanol–water partition coefficient (Wildman–Crippen LogP) is 1.80. The topological polar surface area (TPSA) is 24.5 Å². The van der Waals surface area contributed by atoms with E-state index < -0.39 is 0 Å². The van der Waals surface area contributed by atoms with E-state index >= 15 is 0 Å². The minimum atomic E-state index is 0.836. The van der Waals surface area contributed by atoms with Crippen LogP contribution in [0.2, 0.25) is 0 Å². The molecular weight excluding hydrogens is 212 g/mol. The Hall–Kier alpha value is -1.32. The Bertz CT molecular complexity index is 342. The van der Waals surface area contributed by atoms with Crippen LogP contribution in [0.1, 0.15) is 5.56 Å². The van der Waals surface area contributed by atoms with E-state index in [9.17, 15) is 0 Å². The highest BCUT2D eigenvalue weighted by Crippen LogP contribution is 2.16. The zero-order valence-electron chi connectivity index (χ0n) is 10.2. The Morgan fingerprint density at radius 1 is 1.24 bits per heavy atom. The molecule has 0 aliphatic carbocycles. The Kier molecular flexibility index (Phi) is 4.59. The Balaban J connectivity index is 1.90. The summed E-state index contributed by atoms with van der Waals surface area (Å²) < 4.78 is 5.35. The summed E-state index contributed by atoms with van der Waals surface area (Å²) in [4.78, 5) is 2.37. The first-order valence-electron chi connectivity index (χ1n) is 6.13. The molecule has 1 aliphatic heterocycles. The van der Waals surface area contributed by atoms with E-state index in [1.54, 1.807) is 0 Å². The lowest BCUT2D eigenvalue weighted by Gasteiger charge is -2.28. The molecule has 1 heterocycles. The molecule has 1 fully saturated rings. The molecular formula is C14H20N2O. The van der Waals surface area contributed by atoms with Crippen molar-refractivity contribution in [3.63, 3.8) is 0 Å². The van der Waals surface area contributed by atoms with E-state index in [0.29, 0.717) is 0 Å². The second-order valence-electron chi connectivity index (χ2n) is 4.19. The van der Waals surface area contributed by atoms with Crippen molar-refractivity contribution in [1.29, 1.82) is 0 Å². The average molecular weight is 232 g/mol. The quantitative estimate of drug-likeness (QED) is 0.619. The van der Waals surface area contributed by atoms with Gasteiger partial charge in [-0.05, 0) is 17.7 Å². The van der Waals surface area contributed by atoms with Crippen LogP contribution in [0.15, 0.2) is 36.9 Å². The van der Waals surface area contributed by atoms with Crippen molar-refractivity contribution in [2.45, 2.75) is 6.54 Å². The molecule has 1 saturated heterocycles. The van der Waals surface area contributed by atoms with Gasteiger partial charge in [-0.1, -0.05) is 18.2 Å². The summed E-state index contributed by atoms with van der Waals surface area (Å²) in [6.07, 6.45) is 1.88. The first kappa shape index (κ1) is 12.1. The monoisotopic (exact) mass is 232 g/mol. The van der Waals surface area contributed by atoms with E-state index in [2.05, 4.69) is 41.1 Å². The fraction of sp³-hybridized carbons (Fsp3) is 0.429. The zero-order valence-corrected chi connectivity index (χ0v) is 10.2. The Morgan fingerprint density at radius 2 is 1.94 bits per heavy atom. The molecule has 1 N–H and O–H groups in total. The molecule has 17 heavy (non-hydrogen) atoms. The molecule has 3 heteroatoms. The molecule has 0 aromatic heterocycles. The van der Waals surface area contributed by atoms with Crippen LogP contribution in [0.25, 0.3) is 0 Å². The second kappa shape index (κ2) is 6.42. The van der Waals surface area contributed by atoms with Gasteiger partial charge < -0.3 is 15.0 Å². The van der Waals surface area contributed by atoms with Crippen LogP contribution in [0.4, 0.5) is 5.69 Å². The SMILES string of the molecule is C=CCNCc1ccc(N2CCOCC2)cc1. The van der Waals surface area contributed by atoms with Gasteiger partial charge in [0.1, 0.15) is 0 Å². The highest BCUT2D eigenvalue weighted by molar-refractivity contribution is 5.47. The molecule has 0 amide bonds. The van der Waals surface area contributed by atoms with Gasteiger partial charge in [-0.25, -0.2) is 0 Å². The summed E-state index contributed by atoms with van der Waals surface area (Å²) in [5.74, 6) is 0.